The summed E-state index contributed by atoms with van der Waals surface area (Å²) < 4.78 is 0. The minimum Gasteiger partial charge on any atom is -0.279 e. The van der Waals surface area contributed by atoms with E-state index in [4.69, 9.17) is 9.97 Å². The van der Waals surface area contributed by atoms with E-state index in [0.717, 1.165) is 22.6 Å². The Hall–Kier alpha value is -5.02. The molecule has 218 valence electrons. The van der Waals surface area contributed by atoms with Gasteiger partial charge in [-0.25, -0.2) is 9.97 Å². The summed E-state index contributed by atoms with van der Waals surface area (Å²) >= 11 is 0. The molecule has 0 bridgehead atoms. The molecule has 0 aliphatic carbocycles. The van der Waals surface area contributed by atoms with Gasteiger partial charge in [0.05, 0.1) is 5.69 Å². The summed E-state index contributed by atoms with van der Waals surface area (Å²) in [6.07, 6.45) is 1.84. The molecule has 6 rings (SSSR count). The fourth-order valence-corrected chi connectivity index (χ4v) is 6.77. The first-order valence-electron chi connectivity index (χ1n) is 15.3. The molecule has 0 amide bonds. The maximum absolute atomic E-state index is 5.03. The third kappa shape index (κ3) is 5.78. The standard InChI is InChI=1S/C41H39N3/c1-27-23-29(3)38(30(4)24-27)40(39-31(5)25-28(2)26-32(39)6)34-17-19-36(20-18-34)44(35-15-11-8-12-16-35)41-42-22-21-37(43-41)33-13-9-7-10-14-33/h7-26,40H,1-6H3. The Morgan fingerprint density at radius 3 is 1.52 bits per heavy atom. The minimum atomic E-state index is 0.119. The highest BCUT2D eigenvalue weighted by molar-refractivity contribution is 5.74. The molecule has 0 unspecified atom stereocenters. The van der Waals surface area contributed by atoms with Crippen LogP contribution in [0.15, 0.2) is 121 Å². The van der Waals surface area contributed by atoms with E-state index in [-0.39, 0.29) is 5.92 Å². The van der Waals surface area contributed by atoms with Gasteiger partial charge >= 0.3 is 0 Å². The summed E-state index contributed by atoms with van der Waals surface area (Å²) in [5.74, 6) is 0.755. The van der Waals surface area contributed by atoms with Gasteiger partial charge in [-0.05, 0) is 111 Å². The van der Waals surface area contributed by atoms with Crippen molar-refractivity contribution >= 4 is 17.3 Å². The van der Waals surface area contributed by atoms with E-state index in [2.05, 4.69) is 131 Å². The van der Waals surface area contributed by atoms with Crippen LogP contribution in [0, 0.1) is 41.5 Å². The molecule has 0 spiro atoms. The van der Waals surface area contributed by atoms with Crippen LogP contribution in [-0.4, -0.2) is 9.97 Å². The van der Waals surface area contributed by atoms with Crippen LogP contribution in [0.4, 0.5) is 17.3 Å². The highest BCUT2D eigenvalue weighted by atomic mass is 15.3. The van der Waals surface area contributed by atoms with Crippen molar-refractivity contribution in [1.29, 1.82) is 0 Å². The lowest BCUT2D eigenvalue weighted by Crippen LogP contribution is -2.14. The average molecular weight is 574 g/mol. The van der Waals surface area contributed by atoms with Gasteiger partial charge in [-0.1, -0.05) is 96.1 Å². The van der Waals surface area contributed by atoms with Crippen molar-refractivity contribution in [2.24, 2.45) is 0 Å². The first-order chi connectivity index (χ1) is 21.3. The predicted octanol–water partition coefficient (Wildman–Crippen LogP) is 10.6. The van der Waals surface area contributed by atoms with Crippen LogP contribution in [-0.2, 0) is 0 Å². The van der Waals surface area contributed by atoms with Crippen molar-refractivity contribution in [2.75, 3.05) is 4.90 Å². The van der Waals surface area contributed by atoms with E-state index in [9.17, 15) is 0 Å². The monoisotopic (exact) mass is 573 g/mol. The molecule has 3 nitrogen and oxygen atoms in total. The zero-order chi connectivity index (χ0) is 30.8. The zero-order valence-corrected chi connectivity index (χ0v) is 26.5. The van der Waals surface area contributed by atoms with E-state index in [1.54, 1.807) is 0 Å². The lowest BCUT2D eigenvalue weighted by atomic mass is 9.77. The van der Waals surface area contributed by atoms with Crippen molar-refractivity contribution in [3.8, 4) is 11.3 Å². The van der Waals surface area contributed by atoms with Crippen molar-refractivity contribution < 1.29 is 0 Å². The summed E-state index contributed by atoms with van der Waals surface area (Å²) in [6.45, 7) is 13.4. The maximum atomic E-state index is 5.03. The first-order valence-corrected chi connectivity index (χ1v) is 15.3. The predicted molar refractivity (Wildman–Crippen MR) is 184 cm³/mol. The summed E-state index contributed by atoms with van der Waals surface area (Å²) in [5, 5.41) is 0. The van der Waals surface area contributed by atoms with Gasteiger partial charge in [0.2, 0.25) is 5.95 Å². The summed E-state index contributed by atoms with van der Waals surface area (Å²) in [5.41, 5.74) is 15.9. The average Bonchev–Trinajstić information content (AvgIpc) is 3.01. The number of aryl methyl sites for hydroxylation is 6. The number of nitrogens with zero attached hydrogens (tertiary/aromatic N) is 3. The Kier molecular flexibility index (Phi) is 8.13. The molecule has 1 heterocycles. The lowest BCUT2D eigenvalue weighted by Gasteiger charge is -2.28. The third-order valence-electron chi connectivity index (χ3n) is 8.46. The number of aromatic nitrogens is 2. The third-order valence-corrected chi connectivity index (χ3v) is 8.46. The quantitative estimate of drug-likeness (QED) is 0.178. The van der Waals surface area contributed by atoms with Gasteiger partial charge in [-0.15, -0.1) is 0 Å². The maximum Gasteiger partial charge on any atom is 0.235 e. The number of hydrogen-bond donors (Lipinski definition) is 0. The molecule has 44 heavy (non-hydrogen) atoms. The molecular formula is C41H39N3. The molecule has 0 saturated heterocycles. The molecule has 6 aromatic rings. The largest absolute Gasteiger partial charge is 0.279 e. The minimum absolute atomic E-state index is 0.119. The highest BCUT2D eigenvalue weighted by Gasteiger charge is 2.25. The number of hydrogen-bond acceptors (Lipinski definition) is 3. The van der Waals surface area contributed by atoms with Gasteiger partial charge < -0.3 is 0 Å². The Bertz CT molecular complexity index is 1800. The number of para-hydroxylation sites is 1. The lowest BCUT2D eigenvalue weighted by molar-refractivity contribution is 0.919. The molecule has 0 fully saturated rings. The second-order valence-electron chi connectivity index (χ2n) is 11.9. The molecule has 0 aliphatic heterocycles. The highest BCUT2D eigenvalue weighted by Crippen LogP contribution is 2.41. The molecule has 0 saturated carbocycles. The topological polar surface area (TPSA) is 29.0 Å². The Morgan fingerprint density at radius 2 is 1.00 bits per heavy atom. The SMILES string of the molecule is Cc1cc(C)c(C(c2ccc(N(c3ccccc3)c3nccc(-c4ccccc4)n3)cc2)c2c(C)cc(C)cc2C)c(C)c1. The van der Waals surface area contributed by atoms with Crippen LogP contribution in [0.25, 0.3) is 11.3 Å². The number of rotatable bonds is 7. The van der Waals surface area contributed by atoms with Gasteiger partial charge in [0.15, 0.2) is 0 Å². The van der Waals surface area contributed by atoms with Crippen LogP contribution in [0.1, 0.15) is 56.0 Å². The molecule has 0 N–H and O–H groups in total. The Labute approximate surface area is 261 Å². The van der Waals surface area contributed by atoms with Gasteiger partial charge in [0.1, 0.15) is 0 Å². The summed E-state index contributed by atoms with van der Waals surface area (Å²) in [6, 6.07) is 40.8. The van der Waals surface area contributed by atoms with Crippen LogP contribution in [0.5, 0.6) is 0 Å². The van der Waals surface area contributed by atoms with Crippen LogP contribution < -0.4 is 4.90 Å². The van der Waals surface area contributed by atoms with Crippen molar-refractivity contribution in [1.82, 2.24) is 9.97 Å². The smallest absolute Gasteiger partial charge is 0.235 e. The van der Waals surface area contributed by atoms with E-state index < -0.39 is 0 Å². The van der Waals surface area contributed by atoms with Gasteiger partial charge in [-0.3, -0.25) is 4.90 Å². The van der Waals surface area contributed by atoms with Gasteiger partial charge in [-0.2, -0.15) is 0 Å². The van der Waals surface area contributed by atoms with Crippen LogP contribution >= 0.6 is 0 Å². The second kappa shape index (κ2) is 12.3. The molecule has 5 aromatic carbocycles. The normalized spacial score (nSPS) is 11.2. The molecular weight excluding hydrogens is 534 g/mol. The molecule has 3 heteroatoms. The molecule has 0 radical (unpaired) electrons. The molecule has 0 aliphatic rings. The van der Waals surface area contributed by atoms with Gasteiger partial charge in [0, 0.05) is 29.1 Å². The second-order valence-corrected chi connectivity index (χ2v) is 11.9. The van der Waals surface area contributed by atoms with E-state index in [1.165, 1.54) is 50.1 Å². The summed E-state index contributed by atoms with van der Waals surface area (Å²) in [4.78, 5) is 11.9. The molecule has 0 atom stereocenters. The van der Waals surface area contributed by atoms with Crippen molar-refractivity contribution in [3.05, 3.63) is 172 Å². The number of benzene rings is 5. The zero-order valence-electron chi connectivity index (χ0n) is 26.5. The van der Waals surface area contributed by atoms with E-state index in [1.807, 2.05) is 36.5 Å². The Balaban J connectivity index is 1.49. The fourth-order valence-electron chi connectivity index (χ4n) is 6.77. The number of anilines is 3. The van der Waals surface area contributed by atoms with Crippen LogP contribution in [0.2, 0.25) is 0 Å². The fraction of sp³-hybridized carbons (Fsp3) is 0.171. The van der Waals surface area contributed by atoms with E-state index in [0.29, 0.717) is 5.95 Å². The van der Waals surface area contributed by atoms with Gasteiger partial charge in [0.25, 0.3) is 0 Å². The molecule has 1 aromatic heterocycles. The first kappa shape index (κ1) is 29.1. The Morgan fingerprint density at radius 1 is 0.523 bits per heavy atom. The van der Waals surface area contributed by atoms with Crippen molar-refractivity contribution in [3.63, 3.8) is 0 Å². The van der Waals surface area contributed by atoms with E-state index >= 15 is 0 Å². The van der Waals surface area contributed by atoms with Crippen LogP contribution in [0.3, 0.4) is 0 Å². The van der Waals surface area contributed by atoms with Crippen molar-refractivity contribution in [2.45, 2.75) is 47.5 Å². The summed E-state index contributed by atoms with van der Waals surface area (Å²) in [7, 11) is 0.